The number of ether oxygens (including phenoxy) is 2. The number of carbonyl (C=O) groups is 2. The summed E-state index contributed by atoms with van der Waals surface area (Å²) >= 11 is 0. The molecule has 0 heterocycles. The second-order valence-electron chi connectivity index (χ2n) is 5.83. The second-order valence-corrected chi connectivity index (χ2v) is 5.83. The summed E-state index contributed by atoms with van der Waals surface area (Å²) in [5.41, 5.74) is 0.493. The van der Waals surface area contributed by atoms with E-state index in [4.69, 9.17) is 9.47 Å². The van der Waals surface area contributed by atoms with Crippen LogP contribution in [0.4, 0.5) is 5.69 Å². The first-order valence-corrected chi connectivity index (χ1v) is 8.86. The van der Waals surface area contributed by atoms with Crippen LogP contribution in [0.3, 0.4) is 0 Å². The van der Waals surface area contributed by atoms with Crippen molar-refractivity contribution in [1.29, 1.82) is 0 Å². The summed E-state index contributed by atoms with van der Waals surface area (Å²) in [5, 5.41) is 10.7. The summed E-state index contributed by atoms with van der Waals surface area (Å²) in [6, 6.07) is 14.1. The molecule has 1 amide bonds. The van der Waals surface area contributed by atoms with E-state index in [1.54, 1.807) is 29.2 Å². The molecule has 0 spiro atoms. The number of esters is 1. The Kier molecular flexibility index (Phi) is 7.50. The first-order chi connectivity index (χ1) is 13.5. The molecule has 0 radical (unpaired) electrons. The molecule has 0 aromatic heterocycles. The van der Waals surface area contributed by atoms with Gasteiger partial charge < -0.3 is 14.4 Å². The number of carbonyl (C=O) groups excluding carboxylic acids is 2. The van der Waals surface area contributed by atoms with E-state index in [0.717, 1.165) is 0 Å². The Morgan fingerprint density at radius 1 is 1.04 bits per heavy atom. The average Bonchev–Trinajstić information content (AvgIpc) is 2.72. The van der Waals surface area contributed by atoms with Crippen molar-refractivity contribution in [2.75, 3.05) is 19.7 Å². The molecule has 0 fully saturated rings. The van der Waals surface area contributed by atoms with Crippen molar-refractivity contribution in [2.45, 2.75) is 20.0 Å². The number of likely N-dealkylation sites (N-methyl/N-ethyl adjacent to an activating group) is 1. The molecule has 8 heteroatoms. The van der Waals surface area contributed by atoms with Crippen molar-refractivity contribution < 1.29 is 24.0 Å². The van der Waals surface area contributed by atoms with Crippen LogP contribution in [0.25, 0.3) is 0 Å². The highest BCUT2D eigenvalue weighted by Gasteiger charge is 2.28. The van der Waals surface area contributed by atoms with Crippen LogP contribution < -0.4 is 4.74 Å². The zero-order valence-electron chi connectivity index (χ0n) is 15.7. The molecular weight excluding hydrogens is 364 g/mol. The lowest BCUT2D eigenvalue weighted by Gasteiger charge is -2.25. The van der Waals surface area contributed by atoms with Gasteiger partial charge in [0.05, 0.1) is 4.92 Å². The predicted octanol–water partition coefficient (Wildman–Crippen LogP) is 3.13. The molecule has 8 nitrogen and oxygen atoms in total. The van der Waals surface area contributed by atoms with Gasteiger partial charge in [-0.3, -0.25) is 14.9 Å². The summed E-state index contributed by atoms with van der Waals surface area (Å²) in [6.45, 7) is 4.27. The molecule has 0 bridgehead atoms. The normalized spacial score (nSPS) is 11.4. The molecule has 0 aliphatic heterocycles. The van der Waals surface area contributed by atoms with Crippen LogP contribution >= 0.6 is 0 Å². The highest BCUT2D eigenvalue weighted by Crippen LogP contribution is 2.21. The zero-order chi connectivity index (χ0) is 20.5. The van der Waals surface area contributed by atoms with Crippen molar-refractivity contribution in [1.82, 2.24) is 4.90 Å². The summed E-state index contributed by atoms with van der Waals surface area (Å²) < 4.78 is 10.7. The fourth-order valence-corrected chi connectivity index (χ4v) is 2.56. The molecule has 0 unspecified atom stereocenters. The standard InChI is InChI=1S/C20H22N2O6/c1-3-21(4-2)20(24)19(15-8-6-5-7-9-15)28-18(23)14-27-17-12-10-16(11-13-17)22(25)26/h5-13,19H,3-4,14H2,1-2H3/t19-/m0/s1. The van der Waals surface area contributed by atoms with E-state index in [-0.39, 0.29) is 17.3 Å². The van der Waals surface area contributed by atoms with Crippen LogP contribution in [-0.4, -0.2) is 41.4 Å². The summed E-state index contributed by atoms with van der Waals surface area (Å²) in [4.78, 5) is 36.7. The third-order valence-electron chi connectivity index (χ3n) is 4.06. The van der Waals surface area contributed by atoms with E-state index < -0.39 is 23.6 Å². The minimum Gasteiger partial charge on any atom is -0.482 e. The van der Waals surface area contributed by atoms with Crippen LogP contribution in [0.5, 0.6) is 5.75 Å². The molecular formula is C20H22N2O6. The van der Waals surface area contributed by atoms with Gasteiger partial charge in [0.2, 0.25) is 6.10 Å². The van der Waals surface area contributed by atoms with Crippen molar-refractivity contribution in [2.24, 2.45) is 0 Å². The van der Waals surface area contributed by atoms with E-state index in [9.17, 15) is 19.7 Å². The van der Waals surface area contributed by atoms with Crippen molar-refractivity contribution in [3.63, 3.8) is 0 Å². The van der Waals surface area contributed by atoms with Gasteiger partial charge in [0.25, 0.3) is 11.6 Å². The van der Waals surface area contributed by atoms with Gasteiger partial charge in [-0.1, -0.05) is 30.3 Å². The molecule has 0 saturated carbocycles. The third-order valence-corrected chi connectivity index (χ3v) is 4.06. The van der Waals surface area contributed by atoms with Gasteiger partial charge in [0.1, 0.15) is 5.75 Å². The first kappa shape index (κ1) is 20.9. The third kappa shape index (κ3) is 5.54. The SMILES string of the molecule is CCN(CC)C(=O)[C@@H](OC(=O)COc1ccc([N+](=O)[O-])cc1)c1ccccc1. The molecule has 2 aromatic rings. The van der Waals surface area contributed by atoms with E-state index in [1.807, 2.05) is 19.9 Å². The maximum absolute atomic E-state index is 12.8. The number of amides is 1. The van der Waals surface area contributed by atoms with Gasteiger partial charge in [-0.2, -0.15) is 0 Å². The minimum absolute atomic E-state index is 0.0797. The number of nitro groups is 1. The topological polar surface area (TPSA) is 99.0 Å². The van der Waals surface area contributed by atoms with Gasteiger partial charge in [-0.15, -0.1) is 0 Å². The monoisotopic (exact) mass is 386 g/mol. The molecule has 2 rings (SSSR count). The fourth-order valence-electron chi connectivity index (χ4n) is 2.56. The molecule has 28 heavy (non-hydrogen) atoms. The Bertz CT molecular complexity index is 803. The Morgan fingerprint density at radius 3 is 2.18 bits per heavy atom. The molecule has 0 aliphatic carbocycles. The van der Waals surface area contributed by atoms with Crippen LogP contribution in [-0.2, 0) is 14.3 Å². The molecule has 2 aromatic carbocycles. The second kappa shape index (κ2) is 10.1. The van der Waals surface area contributed by atoms with Crippen LogP contribution in [0.15, 0.2) is 54.6 Å². The van der Waals surface area contributed by atoms with Crippen LogP contribution in [0.2, 0.25) is 0 Å². The quantitative estimate of drug-likeness (QED) is 0.373. The van der Waals surface area contributed by atoms with E-state index in [0.29, 0.717) is 18.7 Å². The molecule has 0 aliphatic rings. The first-order valence-electron chi connectivity index (χ1n) is 8.86. The predicted molar refractivity (Wildman–Crippen MR) is 102 cm³/mol. The lowest BCUT2D eigenvalue weighted by atomic mass is 10.1. The van der Waals surface area contributed by atoms with Crippen LogP contribution in [0.1, 0.15) is 25.5 Å². The minimum atomic E-state index is -1.06. The van der Waals surface area contributed by atoms with Gasteiger partial charge in [0, 0.05) is 30.8 Å². The molecule has 0 N–H and O–H groups in total. The maximum atomic E-state index is 12.8. The highest BCUT2D eigenvalue weighted by molar-refractivity contribution is 5.85. The van der Waals surface area contributed by atoms with Gasteiger partial charge in [-0.05, 0) is 26.0 Å². The highest BCUT2D eigenvalue weighted by atomic mass is 16.6. The van der Waals surface area contributed by atoms with Crippen molar-refractivity contribution >= 4 is 17.6 Å². The number of nitro benzene ring substituents is 1. The number of hydrogen-bond donors (Lipinski definition) is 0. The number of nitrogens with zero attached hydrogens (tertiary/aromatic N) is 2. The van der Waals surface area contributed by atoms with Gasteiger partial charge >= 0.3 is 5.97 Å². The molecule has 148 valence electrons. The Labute approximate surface area is 162 Å². The van der Waals surface area contributed by atoms with E-state index in [1.165, 1.54) is 24.3 Å². The average molecular weight is 386 g/mol. The molecule has 0 saturated heterocycles. The summed E-state index contributed by atoms with van der Waals surface area (Å²) in [7, 11) is 0. The lowest BCUT2D eigenvalue weighted by molar-refractivity contribution is -0.384. The number of non-ortho nitro benzene ring substituents is 1. The Balaban J connectivity index is 2.05. The van der Waals surface area contributed by atoms with Crippen molar-refractivity contribution in [3.8, 4) is 5.75 Å². The number of hydrogen-bond acceptors (Lipinski definition) is 6. The van der Waals surface area contributed by atoms with E-state index in [2.05, 4.69) is 0 Å². The van der Waals surface area contributed by atoms with Gasteiger partial charge in [-0.25, -0.2) is 4.79 Å². The Morgan fingerprint density at radius 2 is 1.64 bits per heavy atom. The van der Waals surface area contributed by atoms with Crippen LogP contribution in [0, 0.1) is 10.1 Å². The van der Waals surface area contributed by atoms with E-state index >= 15 is 0 Å². The van der Waals surface area contributed by atoms with Crippen molar-refractivity contribution in [3.05, 3.63) is 70.3 Å². The van der Waals surface area contributed by atoms with Gasteiger partial charge in [0.15, 0.2) is 6.61 Å². The molecule has 1 atom stereocenters. The Hall–Kier alpha value is -3.42. The lowest BCUT2D eigenvalue weighted by Crippen LogP contribution is -2.37. The number of benzene rings is 2. The maximum Gasteiger partial charge on any atom is 0.345 e. The smallest absolute Gasteiger partial charge is 0.345 e. The summed E-state index contributed by atoms with van der Waals surface area (Å²) in [5.74, 6) is -0.735. The zero-order valence-corrected chi connectivity index (χ0v) is 15.7. The largest absolute Gasteiger partial charge is 0.482 e. The summed E-state index contributed by atoms with van der Waals surface area (Å²) in [6.07, 6.45) is -1.06. The number of rotatable bonds is 9. The fraction of sp³-hybridized carbons (Fsp3) is 0.300.